The molecular formula is C9H14N3O3-. The molecule has 0 aromatic carbocycles. The van der Waals surface area contributed by atoms with Gasteiger partial charge >= 0.3 is 0 Å². The van der Waals surface area contributed by atoms with Crippen molar-refractivity contribution in [2.75, 3.05) is 18.4 Å². The van der Waals surface area contributed by atoms with E-state index in [2.05, 4.69) is 4.98 Å². The smallest absolute Gasteiger partial charge is 0.145 e. The van der Waals surface area contributed by atoms with Crippen LogP contribution in [0.1, 0.15) is 24.6 Å². The number of rotatable bonds is 2. The maximum absolute atomic E-state index is 11.0. The second kappa shape index (κ2) is 4.18. The van der Waals surface area contributed by atoms with Gasteiger partial charge in [-0.05, 0) is 19.8 Å². The monoisotopic (exact) mass is 212 g/mol. The van der Waals surface area contributed by atoms with Gasteiger partial charge in [0.25, 0.3) is 0 Å². The highest BCUT2D eigenvalue weighted by Gasteiger charge is 2.19. The molecule has 6 heteroatoms. The Hall–Kier alpha value is -1.11. The van der Waals surface area contributed by atoms with Gasteiger partial charge in [-0.1, -0.05) is 0 Å². The molecule has 1 aromatic heterocycles. The third-order valence-corrected chi connectivity index (χ3v) is 2.71. The molecule has 2 rings (SSSR count). The molecule has 0 spiro atoms. The number of aryl methyl sites for hydroxylation is 1. The van der Waals surface area contributed by atoms with Gasteiger partial charge < -0.3 is 19.7 Å². The minimum atomic E-state index is -0.113. The van der Waals surface area contributed by atoms with E-state index in [4.69, 9.17) is 9.94 Å². The summed E-state index contributed by atoms with van der Waals surface area (Å²) in [5.41, 5.74) is 0.541. The molecule has 1 aliphatic rings. The first kappa shape index (κ1) is 10.4. The Balaban J connectivity index is 2.26. The summed E-state index contributed by atoms with van der Waals surface area (Å²) in [6, 6.07) is 0.193. The van der Waals surface area contributed by atoms with Gasteiger partial charge in [-0.2, -0.15) is 0 Å². The molecule has 0 bridgehead atoms. The van der Waals surface area contributed by atoms with Gasteiger partial charge in [0.1, 0.15) is 5.82 Å². The number of nitrogens with zero attached hydrogens (tertiary/aromatic N) is 3. The summed E-state index contributed by atoms with van der Waals surface area (Å²) in [7, 11) is 0. The normalized spacial score (nSPS) is 18.1. The van der Waals surface area contributed by atoms with Crippen LogP contribution >= 0.6 is 0 Å². The Labute approximate surface area is 87.6 Å². The van der Waals surface area contributed by atoms with Crippen LogP contribution in [-0.4, -0.2) is 28.0 Å². The van der Waals surface area contributed by atoms with Crippen molar-refractivity contribution in [1.29, 1.82) is 0 Å². The molecule has 1 aromatic rings. The average molecular weight is 212 g/mol. The standard InChI is InChI=1S/C9H14N3O3/c1-7-9(12(13)14)11(6-10-7)8-2-4-15-5-3-8/h6,8,13H,2-5H2,1H3/q-1. The second-order valence-corrected chi connectivity index (χ2v) is 3.68. The highest BCUT2D eigenvalue weighted by Crippen LogP contribution is 2.27. The molecule has 0 saturated carbocycles. The lowest BCUT2D eigenvalue weighted by atomic mass is 10.1. The summed E-state index contributed by atoms with van der Waals surface area (Å²) in [4.78, 5) is 4.03. The molecule has 6 nitrogen and oxygen atoms in total. The fourth-order valence-electron chi connectivity index (χ4n) is 1.92. The van der Waals surface area contributed by atoms with E-state index in [1.807, 2.05) is 0 Å². The average Bonchev–Trinajstić information content (AvgIpc) is 2.61. The van der Waals surface area contributed by atoms with Gasteiger partial charge in [0, 0.05) is 19.3 Å². The van der Waals surface area contributed by atoms with Crippen molar-refractivity contribution in [3.8, 4) is 0 Å². The molecule has 84 valence electrons. The molecule has 0 amide bonds. The number of hydrogen-bond acceptors (Lipinski definition) is 5. The lowest BCUT2D eigenvalue weighted by Gasteiger charge is -2.29. The van der Waals surface area contributed by atoms with E-state index < -0.39 is 0 Å². The molecule has 2 heterocycles. The van der Waals surface area contributed by atoms with Gasteiger partial charge in [0.15, 0.2) is 0 Å². The summed E-state index contributed by atoms with van der Waals surface area (Å²) >= 11 is 0. The van der Waals surface area contributed by atoms with Crippen LogP contribution in [-0.2, 0) is 4.74 Å². The Morgan fingerprint density at radius 1 is 1.60 bits per heavy atom. The Morgan fingerprint density at radius 3 is 2.87 bits per heavy atom. The summed E-state index contributed by atoms with van der Waals surface area (Å²) in [5.74, 6) is 0.224. The summed E-state index contributed by atoms with van der Waals surface area (Å²) in [6.45, 7) is 3.07. The van der Waals surface area contributed by atoms with Crippen molar-refractivity contribution in [3.63, 3.8) is 0 Å². The van der Waals surface area contributed by atoms with Gasteiger partial charge in [0.2, 0.25) is 0 Å². The Kier molecular flexibility index (Phi) is 2.90. The molecule has 0 unspecified atom stereocenters. The molecule has 1 aliphatic heterocycles. The number of imidazole rings is 1. The zero-order valence-corrected chi connectivity index (χ0v) is 8.59. The maximum atomic E-state index is 11.0. The van der Waals surface area contributed by atoms with Gasteiger partial charge in [-0.3, -0.25) is 5.21 Å². The van der Waals surface area contributed by atoms with Crippen molar-refractivity contribution < 1.29 is 9.94 Å². The summed E-state index contributed by atoms with van der Waals surface area (Å²) in [5, 5.41) is 19.8. The van der Waals surface area contributed by atoms with E-state index in [-0.39, 0.29) is 17.1 Å². The predicted molar refractivity (Wildman–Crippen MR) is 53.7 cm³/mol. The Morgan fingerprint density at radius 2 is 2.27 bits per heavy atom. The van der Waals surface area contributed by atoms with E-state index >= 15 is 0 Å². The fraction of sp³-hybridized carbons (Fsp3) is 0.667. The van der Waals surface area contributed by atoms with E-state index in [9.17, 15) is 5.21 Å². The third kappa shape index (κ3) is 1.97. The topological polar surface area (TPSA) is 73.6 Å². The minimum absolute atomic E-state index is 0.113. The molecular weight excluding hydrogens is 198 g/mol. The predicted octanol–water partition coefficient (Wildman–Crippen LogP) is 1.24. The van der Waals surface area contributed by atoms with Gasteiger partial charge in [-0.15, -0.1) is 0 Å². The number of hydrogen-bond donors (Lipinski definition) is 1. The molecule has 1 N–H and O–H groups in total. The minimum Gasteiger partial charge on any atom is -0.732 e. The zero-order chi connectivity index (χ0) is 10.8. The van der Waals surface area contributed by atoms with Crippen LogP contribution in [0.15, 0.2) is 6.33 Å². The van der Waals surface area contributed by atoms with Gasteiger partial charge in [0.05, 0.1) is 12.0 Å². The molecule has 1 fully saturated rings. The maximum Gasteiger partial charge on any atom is 0.145 e. The first-order valence-corrected chi connectivity index (χ1v) is 4.97. The van der Waals surface area contributed by atoms with E-state index in [0.717, 1.165) is 12.8 Å². The van der Waals surface area contributed by atoms with Crippen LogP contribution < -0.4 is 5.23 Å². The SMILES string of the molecule is Cc1ncn(C2CCOCC2)c1N([O-])O. The number of anilines is 1. The molecule has 0 aliphatic carbocycles. The van der Waals surface area contributed by atoms with Crippen LogP contribution in [0.25, 0.3) is 0 Å². The quantitative estimate of drug-likeness (QED) is 0.746. The van der Waals surface area contributed by atoms with Crippen LogP contribution in [0.3, 0.4) is 0 Å². The van der Waals surface area contributed by atoms with Crippen molar-refractivity contribution in [1.82, 2.24) is 9.55 Å². The van der Waals surface area contributed by atoms with Crippen molar-refractivity contribution in [2.24, 2.45) is 0 Å². The van der Waals surface area contributed by atoms with Crippen molar-refractivity contribution >= 4 is 5.82 Å². The van der Waals surface area contributed by atoms with Gasteiger partial charge in [-0.25, -0.2) is 4.98 Å². The fourth-order valence-corrected chi connectivity index (χ4v) is 1.92. The van der Waals surface area contributed by atoms with Crippen LogP contribution in [0.2, 0.25) is 0 Å². The van der Waals surface area contributed by atoms with Crippen LogP contribution in [0, 0.1) is 12.1 Å². The first-order chi connectivity index (χ1) is 7.20. The lowest BCUT2D eigenvalue weighted by Crippen LogP contribution is -2.22. The van der Waals surface area contributed by atoms with Crippen molar-refractivity contribution in [2.45, 2.75) is 25.8 Å². The van der Waals surface area contributed by atoms with E-state index in [0.29, 0.717) is 18.9 Å². The molecule has 0 radical (unpaired) electrons. The van der Waals surface area contributed by atoms with Crippen molar-refractivity contribution in [3.05, 3.63) is 17.2 Å². The lowest BCUT2D eigenvalue weighted by molar-refractivity contribution is 0.0692. The Bertz CT molecular complexity index is 331. The third-order valence-electron chi connectivity index (χ3n) is 2.71. The number of aromatic nitrogens is 2. The van der Waals surface area contributed by atoms with Crippen LogP contribution in [0.4, 0.5) is 5.82 Å². The van der Waals surface area contributed by atoms with Crippen LogP contribution in [0.5, 0.6) is 0 Å². The summed E-state index contributed by atoms with van der Waals surface area (Å²) < 4.78 is 6.97. The number of ether oxygens (including phenoxy) is 1. The van der Waals surface area contributed by atoms with E-state index in [1.165, 1.54) is 0 Å². The summed E-state index contributed by atoms with van der Waals surface area (Å²) in [6.07, 6.45) is 3.29. The first-order valence-electron chi connectivity index (χ1n) is 4.97. The molecule has 0 atom stereocenters. The highest BCUT2D eigenvalue weighted by molar-refractivity contribution is 5.42. The van der Waals surface area contributed by atoms with E-state index in [1.54, 1.807) is 17.8 Å². The largest absolute Gasteiger partial charge is 0.732 e. The second-order valence-electron chi connectivity index (χ2n) is 3.68. The molecule has 15 heavy (non-hydrogen) atoms. The molecule has 1 saturated heterocycles. The zero-order valence-electron chi connectivity index (χ0n) is 8.59. The highest BCUT2D eigenvalue weighted by atomic mass is 16.8.